The summed E-state index contributed by atoms with van der Waals surface area (Å²) in [6.07, 6.45) is 0. The van der Waals surface area contributed by atoms with Gasteiger partial charge in [-0.05, 0) is 62.4 Å². The van der Waals surface area contributed by atoms with Gasteiger partial charge in [-0.2, -0.15) is 5.10 Å². The number of benzene rings is 2. The Morgan fingerprint density at radius 1 is 1.10 bits per heavy atom. The first-order valence-corrected chi connectivity index (χ1v) is 9.22. The van der Waals surface area contributed by atoms with Gasteiger partial charge in [0.2, 0.25) is 0 Å². The molecule has 29 heavy (non-hydrogen) atoms. The highest BCUT2D eigenvalue weighted by atomic mass is 35.5. The lowest BCUT2D eigenvalue weighted by Crippen LogP contribution is -2.15. The average molecular weight is 417 g/mol. The molecule has 0 aliphatic heterocycles. The third kappa shape index (κ3) is 4.63. The molecule has 0 saturated carbocycles. The Morgan fingerprint density at radius 3 is 2.38 bits per heavy atom. The number of hydrogen-bond donors (Lipinski definition) is 0. The van der Waals surface area contributed by atoms with Gasteiger partial charge in [-0.3, -0.25) is 4.79 Å². The van der Waals surface area contributed by atoms with Gasteiger partial charge in [0.1, 0.15) is 22.3 Å². The van der Waals surface area contributed by atoms with E-state index in [9.17, 15) is 14.0 Å². The summed E-state index contributed by atoms with van der Waals surface area (Å²) >= 11 is 6.29. The maximum atomic E-state index is 13.1. The van der Waals surface area contributed by atoms with Crippen LogP contribution in [0.25, 0.3) is 5.69 Å². The zero-order chi connectivity index (χ0) is 21.0. The molecule has 2 aromatic carbocycles. The second kappa shape index (κ2) is 8.87. The lowest BCUT2D eigenvalue weighted by atomic mass is 10.1. The van der Waals surface area contributed by atoms with E-state index in [0.717, 1.165) is 0 Å². The van der Waals surface area contributed by atoms with Crippen molar-refractivity contribution < 1.29 is 23.5 Å². The lowest BCUT2D eigenvalue weighted by Gasteiger charge is -2.06. The molecule has 0 radical (unpaired) electrons. The summed E-state index contributed by atoms with van der Waals surface area (Å²) in [5, 5.41) is 4.23. The molecule has 0 unspecified atom stereocenters. The van der Waals surface area contributed by atoms with Crippen LogP contribution in [0.4, 0.5) is 4.39 Å². The van der Waals surface area contributed by atoms with Gasteiger partial charge in [0.25, 0.3) is 0 Å². The summed E-state index contributed by atoms with van der Waals surface area (Å²) in [4.78, 5) is 24.7. The molecule has 0 aliphatic carbocycles. The number of Topliss-reactive ketones (excluding diaryl/α,β-unsaturated/α-hetero) is 1. The van der Waals surface area contributed by atoms with Crippen molar-refractivity contribution in [3.63, 3.8) is 0 Å². The molecule has 1 aromatic heterocycles. The average Bonchev–Trinajstić information content (AvgIpc) is 3.01. The Balaban J connectivity index is 1.70. The molecule has 1 heterocycles. The fraction of sp³-hybridized carbons (Fsp3) is 0.190. The molecule has 0 spiro atoms. The van der Waals surface area contributed by atoms with Crippen molar-refractivity contribution in [2.75, 3.05) is 13.2 Å². The van der Waals surface area contributed by atoms with Gasteiger partial charge in [0.15, 0.2) is 12.4 Å². The molecule has 3 aromatic rings. The molecule has 8 heteroatoms. The van der Waals surface area contributed by atoms with E-state index >= 15 is 0 Å². The van der Waals surface area contributed by atoms with Crippen LogP contribution in [0, 0.1) is 12.7 Å². The Labute approximate surface area is 171 Å². The Kier molecular flexibility index (Phi) is 6.29. The highest BCUT2D eigenvalue weighted by Crippen LogP contribution is 2.24. The smallest absolute Gasteiger partial charge is 0.343 e. The first-order valence-electron chi connectivity index (χ1n) is 8.85. The second-order valence-corrected chi connectivity index (χ2v) is 6.45. The van der Waals surface area contributed by atoms with Crippen molar-refractivity contribution in [1.82, 2.24) is 9.78 Å². The largest absolute Gasteiger partial charge is 0.494 e. The Hall–Kier alpha value is -3.19. The molecule has 0 fully saturated rings. The molecule has 0 amide bonds. The third-order valence-electron chi connectivity index (χ3n) is 4.10. The summed E-state index contributed by atoms with van der Waals surface area (Å²) in [6.45, 7) is 3.54. The number of ketones is 1. The van der Waals surface area contributed by atoms with Crippen LogP contribution in [0.1, 0.15) is 33.3 Å². The molecular formula is C21H18ClFN2O4. The maximum Gasteiger partial charge on any atom is 0.343 e. The van der Waals surface area contributed by atoms with Crippen molar-refractivity contribution in [3.05, 3.63) is 76.3 Å². The van der Waals surface area contributed by atoms with Gasteiger partial charge in [-0.1, -0.05) is 11.6 Å². The predicted molar refractivity (Wildman–Crippen MR) is 105 cm³/mol. The summed E-state index contributed by atoms with van der Waals surface area (Å²) in [5.74, 6) is -0.876. The van der Waals surface area contributed by atoms with Gasteiger partial charge in [0.05, 0.1) is 18.0 Å². The highest BCUT2D eigenvalue weighted by molar-refractivity contribution is 6.33. The minimum atomic E-state index is -0.764. The second-order valence-electron chi connectivity index (χ2n) is 6.10. The van der Waals surface area contributed by atoms with Crippen LogP contribution < -0.4 is 4.74 Å². The normalized spacial score (nSPS) is 10.6. The van der Waals surface area contributed by atoms with E-state index in [4.69, 9.17) is 21.1 Å². The van der Waals surface area contributed by atoms with E-state index < -0.39 is 18.4 Å². The lowest BCUT2D eigenvalue weighted by molar-refractivity contribution is 0.0474. The van der Waals surface area contributed by atoms with E-state index in [1.165, 1.54) is 28.9 Å². The van der Waals surface area contributed by atoms with Crippen molar-refractivity contribution in [2.24, 2.45) is 0 Å². The molecule has 0 N–H and O–H groups in total. The van der Waals surface area contributed by atoms with Crippen LogP contribution in [-0.2, 0) is 4.74 Å². The fourth-order valence-corrected chi connectivity index (χ4v) is 3.02. The molecule has 3 rings (SSSR count). The van der Waals surface area contributed by atoms with Crippen molar-refractivity contribution in [2.45, 2.75) is 13.8 Å². The van der Waals surface area contributed by atoms with Crippen molar-refractivity contribution in [1.29, 1.82) is 0 Å². The van der Waals surface area contributed by atoms with E-state index in [-0.39, 0.29) is 16.5 Å². The number of rotatable bonds is 7. The number of esters is 1. The third-order valence-corrected chi connectivity index (χ3v) is 4.45. The number of ether oxygens (including phenoxy) is 2. The van der Waals surface area contributed by atoms with Crippen LogP contribution in [0.3, 0.4) is 0 Å². The summed E-state index contributed by atoms with van der Waals surface area (Å²) in [7, 11) is 0. The van der Waals surface area contributed by atoms with Gasteiger partial charge >= 0.3 is 5.97 Å². The number of carbonyl (C=O) groups is 2. The molecule has 0 atom stereocenters. The van der Waals surface area contributed by atoms with Crippen molar-refractivity contribution in [3.8, 4) is 11.4 Å². The molecule has 0 aliphatic rings. The van der Waals surface area contributed by atoms with E-state index in [1.807, 2.05) is 6.92 Å². The monoisotopic (exact) mass is 416 g/mol. The molecular weight excluding hydrogens is 399 g/mol. The fourth-order valence-electron chi connectivity index (χ4n) is 2.67. The van der Waals surface area contributed by atoms with Gasteiger partial charge in [-0.15, -0.1) is 0 Å². The standard InChI is InChI=1S/C21H18ClFN2O4/c1-3-28-17-10-4-14(5-11-17)18(26)12-29-21(27)19-13(2)24-25(20(19)22)16-8-6-15(23)7-9-16/h4-11H,3,12H2,1-2H3. The number of hydrogen-bond acceptors (Lipinski definition) is 5. The Morgan fingerprint density at radius 2 is 1.76 bits per heavy atom. The number of nitrogens with zero attached hydrogens (tertiary/aromatic N) is 2. The van der Waals surface area contributed by atoms with E-state index in [2.05, 4.69) is 5.10 Å². The molecule has 150 valence electrons. The number of carbonyl (C=O) groups excluding carboxylic acids is 2. The van der Waals surface area contributed by atoms with Crippen LogP contribution in [0.5, 0.6) is 5.75 Å². The minimum absolute atomic E-state index is 0.0209. The summed E-state index contributed by atoms with van der Waals surface area (Å²) < 4.78 is 24.9. The van der Waals surface area contributed by atoms with Crippen molar-refractivity contribution >= 4 is 23.4 Å². The predicted octanol–water partition coefficient (Wildman–Crippen LogP) is 4.41. The topological polar surface area (TPSA) is 70.4 Å². The van der Waals surface area contributed by atoms with Gasteiger partial charge < -0.3 is 9.47 Å². The molecule has 0 saturated heterocycles. The van der Waals surface area contributed by atoms with Crippen LogP contribution in [0.15, 0.2) is 48.5 Å². The van der Waals surface area contributed by atoms with Gasteiger partial charge in [0, 0.05) is 5.56 Å². The maximum absolute atomic E-state index is 13.1. The number of halogens is 2. The minimum Gasteiger partial charge on any atom is -0.494 e. The number of aryl methyl sites for hydroxylation is 1. The first-order chi connectivity index (χ1) is 13.9. The summed E-state index contributed by atoms with van der Waals surface area (Å²) in [5.41, 5.74) is 1.27. The Bertz CT molecular complexity index is 1030. The molecule has 6 nitrogen and oxygen atoms in total. The molecule has 0 bridgehead atoms. The zero-order valence-electron chi connectivity index (χ0n) is 15.8. The zero-order valence-corrected chi connectivity index (χ0v) is 16.6. The van der Waals surface area contributed by atoms with E-state index in [1.54, 1.807) is 31.2 Å². The quantitative estimate of drug-likeness (QED) is 0.421. The van der Waals surface area contributed by atoms with Crippen LogP contribution >= 0.6 is 11.6 Å². The summed E-state index contributed by atoms with van der Waals surface area (Å²) in [6, 6.07) is 12.0. The van der Waals surface area contributed by atoms with Gasteiger partial charge in [-0.25, -0.2) is 13.9 Å². The first kappa shape index (κ1) is 20.5. The van der Waals surface area contributed by atoms with Crippen LogP contribution in [-0.4, -0.2) is 34.7 Å². The van der Waals surface area contributed by atoms with E-state index in [0.29, 0.717) is 29.3 Å². The number of aromatic nitrogens is 2. The van der Waals surface area contributed by atoms with Crippen LogP contribution in [0.2, 0.25) is 5.15 Å². The highest BCUT2D eigenvalue weighted by Gasteiger charge is 2.23. The SMILES string of the molecule is CCOc1ccc(C(=O)COC(=O)c2c(C)nn(-c3ccc(F)cc3)c2Cl)cc1.